The number of hydrogen-bond donors (Lipinski definition) is 2. The Morgan fingerprint density at radius 2 is 1.17 bits per heavy atom. The van der Waals surface area contributed by atoms with Crippen LogP contribution < -0.4 is 10.6 Å². The van der Waals surface area contributed by atoms with Crippen molar-refractivity contribution in [1.29, 1.82) is 0 Å². The number of hydrogen-bond acceptors (Lipinski definition) is 6. The highest BCUT2D eigenvalue weighted by molar-refractivity contribution is 8.76. The SMILES string of the molecule is COCCCCC(=O)NCCSSCCNC(=O)CCCCOC. The largest absolute Gasteiger partial charge is 0.385 e. The fourth-order valence-corrected chi connectivity index (χ4v) is 3.64. The minimum absolute atomic E-state index is 0.109. The van der Waals surface area contributed by atoms with E-state index >= 15 is 0 Å². The first kappa shape index (κ1) is 23.6. The number of carbonyl (C=O) groups excluding carboxylic acids is 2. The zero-order valence-electron chi connectivity index (χ0n) is 14.9. The lowest BCUT2D eigenvalue weighted by Gasteiger charge is -2.06. The van der Waals surface area contributed by atoms with E-state index in [0.717, 1.165) is 37.2 Å². The van der Waals surface area contributed by atoms with Crippen LogP contribution in [0.15, 0.2) is 0 Å². The minimum Gasteiger partial charge on any atom is -0.385 e. The van der Waals surface area contributed by atoms with Crippen molar-refractivity contribution >= 4 is 33.4 Å². The van der Waals surface area contributed by atoms with Gasteiger partial charge >= 0.3 is 0 Å². The van der Waals surface area contributed by atoms with Crippen molar-refractivity contribution in [3.05, 3.63) is 0 Å². The third-order valence-corrected chi connectivity index (χ3v) is 5.51. The number of methoxy groups -OCH3 is 2. The van der Waals surface area contributed by atoms with Gasteiger partial charge in [-0.15, -0.1) is 0 Å². The summed E-state index contributed by atoms with van der Waals surface area (Å²) in [6, 6.07) is 0. The van der Waals surface area contributed by atoms with Crippen molar-refractivity contribution in [3.8, 4) is 0 Å². The Bertz CT molecular complexity index is 290. The average molecular weight is 381 g/mol. The number of nitrogens with one attached hydrogen (secondary N) is 2. The molecule has 142 valence electrons. The van der Waals surface area contributed by atoms with Gasteiger partial charge in [0.2, 0.25) is 11.8 Å². The van der Waals surface area contributed by atoms with Crippen LogP contribution in [-0.4, -0.2) is 63.8 Å². The van der Waals surface area contributed by atoms with E-state index in [1.807, 2.05) is 0 Å². The molecule has 6 nitrogen and oxygen atoms in total. The lowest BCUT2D eigenvalue weighted by molar-refractivity contribution is -0.121. The first-order valence-electron chi connectivity index (χ1n) is 8.46. The molecule has 0 aliphatic heterocycles. The quantitative estimate of drug-likeness (QED) is 0.298. The Morgan fingerprint density at radius 3 is 1.54 bits per heavy atom. The van der Waals surface area contributed by atoms with Gasteiger partial charge in [0.1, 0.15) is 0 Å². The van der Waals surface area contributed by atoms with E-state index < -0.39 is 0 Å². The van der Waals surface area contributed by atoms with E-state index in [9.17, 15) is 9.59 Å². The molecule has 0 rings (SSSR count). The molecule has 24 heavy (non-hydrogen) atoms. The molecule has 0 heterocycles. The predicted octanol–water partition coefficient (Wildman–Crippen LogP) is 2.23. The fourth-order valence-electron chi connectivity index (χ4n) is 1.82. The van der Waals surface area contributed by atoms with Crippen molar-refractivity contribution in [2.24, 2.45) is 0 Å². The van der Waals surface area contributed by atoms with Crippen LogP contribution in [-0.2, 0) is 19.1 Å². The van der Waals surface area contributed by atoms with E-state index in [1.165, 1.54) is 0 Å². The Hall–Kier alpha value is -0.440. The normalized spacial score (nSPS) is 10.6. The fraction of sp³-hybridized carbons (Fsp3) is 0.875. The van der Waals surface area contributed by atoms with Gasteiger partial charge < -0.3 is 20.1 Å². The van der Waals surface area contributed by atoms with Crippen molar-refractivity contribution in [3.63, 3.8) is 0 Å². The van der Waals surface area contributed by atoms with Gasteiger partial charge in [-0.3, -0.25) is 9.59 Å². The molecule has 0 saturated heterocycles. The molecule has 0 radical (unpaired) electrons. The summed E-state index contributed by atoms with van der Waals surface area (Å²) in [7, 11) is 6.78. The van der Waals surface area contributed by atoms with E-state index in [2.05, 4.69) is 10.6 Å². The second-order valence-electron chi connectivity index (χ2n) is 5.24. The lowest BCUT2D eigenvalue weighted by Crippen LogP contribution is -2.26. The summed E-state index contributed by atoms with van der Waals surface area (Å²) in [4.78, 5) is 23.0. The van der Waals surface area contributed by atoms with Gasteiger partial charge in [0.25, 0.3) is 0 Å². The molecule has 0 atom stereocenters. The Balaban J connectivity index is 3.24. The number of amides is 2. The summed E-state index contributed by atoms with van der Waals surface area (Å²) in [6.45, 7) is 2.80. The van der Waals surface area contributed by atoms with Crippen LogP contribution in [0.5, 0.6) is 0 Å². The molecular formula is C16H32N2O4S2. The number of carbonyl (C=O) groups is 2. The van der Waals surface area contributed by atoms with Gasteiger partial charge in [-0.2, -0.15) is 0 Å². The molecule has 2 N–H and O–H groups in total. The number of rotatable bonds is 17. The highest BCUT2D eigenvalue weighted by atomic mass is 33.1. The summed E-state index contributed by atoms with van der Waals surface area (Å²) in [5.41, 5.74) is 0. The smallest absolute Gasteiger partial charge is 0.220 e. The monoisotopic (exact) mass is 380 g/mol. The molecule has 8 heteroatoms. The molecule has 0 saturated carbocycles. The minimum atomic E-state index is 0.109. The molecular weight excluding hydrogens is 348 g/mol. The van der Waals surface area contributed by atoms with Crippen LogP contribution in [0.4, 0.5) is 0 Å². The Morgan fingerprint density at radius 1 is 0.750 bits per heavy atom. The highest BCUT2D eigenvalue weighted by Gasteiger charge is 2.02. The van der Waals surface area contributed by atoms with E-state index in [4.69, 9.17) is 9.47 Å². The lowest BCUT2D eigenvalue weighted by atomic mass is 10.2. The van der Waals surface area contributed by atoms with Crippen molar-refractivity contribution in [1.82, 2.24) is 10.6 Å². The maximum absolute atomic E-state index is 11.5. The van der Waals surface area contributed by atoms with Crippen LogP contribution in [0.25, 0.3) is 0 Å². The molecule has 0 aliphatic rings. The maximum Gasteiger partial charge on any atom is 0.220 e. The van der Waals surface area contributed by atoms with Gasteiger partial charge in [0.05, 0.1) is 0 Å². The van der Waals surface area contributed by atoms with Crippen molar-refractivity contribution in [2.75, 3.05) is 52.0 Å². The molecule has 0 aliphatic carbocycles. The van der Waals surface area contributed by atoms with E-state index in [1.54, 1.807) is 35.8 Å². The van der Waals surface area contributed by atoms with Crippen LogP contribution in [0.2, 0.25) is 0 Å². The Kier molecular flexibility index (Phi) is 18.5. The first-order valence-corrected chi connectivity index (χ1v) is 10.9. The molecule has 0 aromatic carbocycles. The van der Waals surface area contributed by atoms with Crippen molar-refractivity contribution < 1.29 is 19.1 Å². The molecule has 0 bridgehead atoms. The van der Waals surface area contributed by atoms with Crippen LogP contribution >= 0.6 is 21.6 Å². The molecule has 2 amide bonds. The predicted molar refractivity (Wildman–Crippen MR) is 102 cm³/mol. The van der Waals surface area contributed by atoms with Gasteiger partial charge in [-0.25, -0.2) is 0 Å². The highest BCUT2D eigenvalue weighted by Crippen LogP contribution is 2.19. The van der Waals surface area contributed by atoms with E-state index in [-0.39, 0.29) is 11.8 Å². The summed E-state index contributed by atoms with van der Waals surface area (Å²) >= 11 is 0. The summed E-state index contributed by atoms with van der Waals surface area (Å²) in [5.74, 6) is 1.97. The zero-order valence-corrected chi connectivity index (χ0v) is 16.6. The third-order valence-electron chi connectivity index (χ3n) is 3.10. The van der Waals surface area contributed by atoms with Crippen LogP contribution in [0.1, 0.15) is 38.5 Å². The molecule has 0 aromatic rings. The average Bonchev–Trinajstić information content (AvgIpc) is 2.58. The second kappa shape index (κ2) is 18.9. The molecule has 0 aromatic heterocycles. The van der Waals surface area contributed by atoms with Gasteiger partial charge in [-0.05, 0) is 25.7 Å². The Labute approximate surface area is 154 Å². The molecule has 0 fully saturated rings. The molecule has 0 spiro atoms. The van der Waals surface area contributed by atoms with E-state index in [0.29, 0.717) is 39.1 Å². The topological polar surface area (TPSA) is 76.7 Å². The zero-order chi connectivity index (χ0) is 17.9. The third kappa shape index (κ3) is 17.9. The van der Waals surface area contributed by atoms with Gasteiger partial charge in [0, 0.05) is 64.9 Å². The van der Waals surface area contributed by atoms with Gasteiger partial charge in [0.15, 0.2) is 0 Å². The van der Waals surface area contributed by atoms with Crippen molar-refractivity contribution in [2.45, 2.75) is 38.5 Å². The maximum atomic E-state index is 11.5. The first-order chi connectivity index (χ1) is 11.7. The summed E-state index contributed by atoms with van der Waals surface area (Å²) in [5, 5.41) is 5.82. The molecule has 0 unspecified atom stereocenters. The van der Waals surface area contributed by atoms with Gasteiger partial charge in [-0.1, -0.05) is 21.6 Å². The summed E-state index contributed by atoms with van der Waals surface area (Å²) < 4.78 is 9.89. The standard InChI is InChI=1S/C16H32N2O4S2/c1-21-11-5-3-7-15(19)17-9-13-23-24-14-10-18-16(20)8-4-6-12-22-2/h3-14H2,1-2H3,(H,17,19)(H,18,20). The van der Waals surface area contributed by atoms with Crippen LogP contribution in [0, 0.1) is 0 Å². The second-order valence-corrected chi connectivity index (χ2v) is 7.95. The number of ether oxygens (including phenoxy) is 2. The number of unbranched alkanes of at least 4 members (excludes halogenated alkanes) is 2. The van der Waals surface area contributed by atoms with Crippen LogP contribution in [0.3, 0.4) is 0 Å². The summed E-state index contributed by atoms with van der Waals surface area (Å²) in [6.07, 6.45) is 4.72.